The van der Waals surface area contributed by atoms with E-state index in [4.69, 9.17) is 18.7 Å². The summed E-state index contributed by atoms with van der Waals surface area (Å²) in [6.45, 7) is 3.49. The Balaban J connectivity index is 1.49. The molecule has 0 spiro atoms. The fourth-order valence-corrected chi connectivity index (χ4v) is 2.51. The van der Waals surface area contributed by atoms with E-state index in [1.807, 2.05) is 31.2 Å². The third-order valence-electron chi connectivity index (χ3n) is 3.93. The van der Waals surface area contributed by atoms with Gasteiger partial charge in [-0.25, -0.2) is 0 Å². The second-order valence-electron chi connectivity index (χ2n) is 5.85. The Morgan fingerprint density at radius 1 is 1.28 bits per heavy atom. The predicted molar refractivity (Wildman–Crippen MR) is 87.9 cm³/mol. The molecular formula is C17H21N3O5. The molecule has 2 aromatic rings. The average Bonchev–Trinajstić information content (AvgIpc) is 3.24. The maximum absolute atomic E-state index is 12.0. The zero-order valence-corrected chi connectivity index (χ0v) is 14.3. The molecule has 1 amide bonds. The molecule has 134 valence electrons. The van der Waals surface area contributed by atoms with Gasteiger partial charge in [0.1, 0.15) is 12.2 Å². The third-order valence-corrected chi connectivity index (χ3v) is 3.93. The first-order valence-electron chi connectivity index (χ1n) is 8.10. The van der Waals surface area contributed by atoms with Gasteiger partial charge in [-0.2, -0.15) is 4.98 Å². The van der Waals surface area contributed by atoms with Crippen LogP contribution in [0.25, 0.3) is 11.4 Å². The van der Waals surface area contributed by atoms with Gasteiger partial charge < -0.3 is 24.1 Å². The van der Waals surface area contributed by atoms with Crippen molar-refractivity contribution in [2.45, 2.75) is 25.6 Å². The molecule has 0 aliphatic carbocycles. The van der Waals surface area contributed by atoms with Crippen LogP contribution < -0.4 is 10.1 Å². The maximum atomic E-state index is 12.0. The minimum absolute atomic E-state index is 0.0293. The molecule has 1 N–H and O–H groups in total. The first-order valence-corrected chi connectivity index (χ1v) is 8.10. The zero-order chi connectivity index (χ0) is 17.7. The monoisotopic (exact) mass is 347 g/mol. The number of carbonyl (C=O) groups is 1. The minimum atomic E-state index is -0.612. The van der Waals surface area contributed by atoms with Crippen molar-refractivity contribution in [2.24, 2.45) is 0 Å². The molecule has 1 aliphatic rings. The number of rotatable bonds is 7. The van der Waals surface area contributed by atoms with E-state index in [1.54, 1.807) is 7.11 Å². The Morgan fingerprint density at radius 3 is 2.68 bits per heavy atom. The van der Waals surface area contributed by atoms with Crippen molar-refractivity contribution >= 4 is 5.91 Å². The van der Waals surface area contributed by atoms with Crippen molar-refractivity contribution in [3.63, 3.8) is 0 Å². The molecule has 0 radical (unpaired) electrons. The molecule has 8 nitrogen and oxygen atoms in total. The van der Waals surface area contributed by atoms with Crippen LogP contribution >= 0.6 is 0 Å². The first-order chi connectivity index (χ1) is 12.1. The molecule has 1 aromatic heterocycles. The van der Waals surface area contributed by atoms with E-state index < -0.39 is 5.79 Å². The lowest BCUT2D eigenvalue weighted by Gasteiger charge is -2.21. The molecule has 2 heterocycles. The molecule has 0 atom stereocenters. The van der Waals surface area contributed by atoms with E-state index in [-0.39, 0.29) is 18.2 Å². The topological polar surface area (TPSA) is 95.7 Å². The van der Waals surface area contributed by atoms with Gasteiger partial charge in [0, 0.05) is 18.5 Å². The molecule has 8 heteroatoms. The summed E-state index contributed by atoms with van der Waals surface area (Å²) in [5, 5.41) is 6.71. The lowest BCUT2D eigenvalue weighted by atomic mass is 10.2. The number of carbonyl (C=O) groups excluding carboxylic acids is 1. The van der Waals surface area contributed by atoms with Gasteiger partial charge >= 0.3 is 0 Å². The smallest absolute Gasteiger partial charge is 0.236 e. The Labute approximate surface area is 145 Å². The van der Waals surface area contributed by atoms with Gasteiger partial charge in [0.2, 0.25) is 17.6 Å². The molecule has 25 heavy (non-hydrogen) atoms. The summed E-state index contributed by atoms with van der Waals surface area (Å²) < 4.78 is 21.2. The summed E-state index contributed by atoms with van der Waals surface area (Å²) in [4.78, 5) is 16.2. The van der Waals surface area contributed by atoms with E-state index >= 15 is 0 Å². The van der Waals surface area contributed by atoms with Gasteiger partial charge in [-0.1, -0.05) is 5.16 Å². The Bertz CT molecular complexity index is 707. The van der Waals surface area contributed by atoms with Crippen molar-refractivity contribution in [3.8, 4) is 17.1 Å². The zero-order valence-electron chi connectivity index (χ0n) is 14.3. The summed E-state index contributed by atoms with van der Waals surface area (Å²) in [6, 6.07) is 7.28. The summed E-state index contributed by atoms with van der Waals surface area (Å²) in [7, 11) is 1.60. The van der Waals surface area contributed by atoms with E-state index in [2.05, 4.69) is 15.5 Å². The normalized spacial score (nSPS) is 15.9. The third kappa shape index (κ3) is 4.55. The van der Waals surface area contributed by atoms with Crippen LogP contribution in [-0.2, 0) is 20.7 Å². The van der Waals surface area contributed by atoms with Crippen LogP contribution in [0.5, 0.6) is 5.75 Å². The highest BCUT2D eigenvalue weighted by molar-refractivity contribution is 5.77. The number of ether oxygens (including phenoxy) is 3. The van der Waals surface area contributed by atoms with Crippen LogP contribution in [0, 0.1) is 0 Å². The van der Waals surface area contributed by atoms with Crippen LogP contribution in [0.15, 0.2) is 28.8 Å². The highest BCUT2D eigenvalue weighted by Gasteiger charge is 2.30. The molecule has 1 fully saturated rings. The highest BCUT2D eigenvalue weighted by Crippen LogP contribution is 2.22. The van der Waals surface area contributed by atoms with Crippen LogP contribution in [0.4, 0.5) is 0 Å². The largest absolute Gasteiger partial charge is 0.497 e. The summed E-state index contributed by atoms with van der Waals surface area (Å²) >= 11 is 0. The van der Waals surface area contributed by atoms with E-state index in [0.29, 0.717) is 32.0 Å². The molecule has 1 aromatic carbocycles. The van der Waals surface area contributed by atoms with Crippen molar-refractivity contribution in [1.82, 2.24) is 15.5 Å². The molecular weight excluding hydrogens is 326 g/mol. The lowest BCUT2D eigenvalue weighted by molar-refractivity contribution is -0.146. The number of nitrogens with zero attached hydrogens (tertiary/aromatic N) is 2. The number of hydrogen-bond acceptors (Lipinski definition) is 7. The maximum Gasteiger partial charge on any atom is 0.236 e. The Kier molecular flexibility index (Phi) is 5.30. The summed E-state index contributed by atoms with van der Waals surface area (Å²) in [6.07, 6.45) is 0.612. The number of methoxy groups -OCH3 is 1. The van der Waals surface area contributed by atoms with Gasteiger partial charge in [-0.15, -0.1) is 0 Å². The SMILES string of the molecule is COc1ccc(-c2noc(CC(=O)NCCC3(C)OCCO3)n2)cc1. The Morgan fingerprint density at radius 2 is 2.00 bits per heavy atom. The summed E-state index contributed by atoms with van der Waals surface area (Å²) in [5.41, 5.74) is 0.791. The molecule has 3 rings (SSSR count). The number of benzene rings is 1. The van der Waals surface area contributed by atoms with Gasteiger partial charge in [0.05, 0.1) is 20.3 Å². The molecule has 1 aliphatic heterocycles. The summed E-state index contributed by atoms with van der Waals surface area (Å²) in [5.74, 6) is 0.648. The number of hydrogen-bond donors (Lipinski definition) is 1. The van der Waals surface area contributed by atoms with E-state index in [0.717, 1.165) is 11.3 Å². The van der Waals surface area contributed by atoms with Crippen molar-refractivity contribution in [3.05, 3.63) is 30.2 Å². The van der Waals surface area contributed by atoms with Crippen molar-refractivity contribution < 1.29 is 23.5 Å². The molecule has 0 saturated carbocycles. The second kappa shape index (κ2) is 7.62. The van der Waals surface area contributed by atoms with Crippen LogP contribution in [-0.4, -0.2) is 48.7 Å². The highest BCUT2D eigenvalue weighted by atomic mass is 16.7. The van der Waals surface area contributed by atoms with Gasteiger partial charge in [-0.3, -0.25) is 4.79 Å². The standard InChI is InChI=1S/C17H21N3O5/c1-17(23-9-10-24-17)7-8-18-14(21)11-15-19-16(20-25-15)12-3-5-13(22-2)6-4-12/h3-6H,7-11H2,1-2H3,(H,18,21). The number of nitrogens with one attached hydrogen (secondary N) is 1. The fourth-order valence-electron chi connectivity index (χ4n) is 2.51. The number of aromatic nitrogens is 2. The second-order valence-corrected chi connectivity index (χ2v) is 5.85. The lowest BCUT2D eigenvalue weighted by Crippen LogP contribution is -2.34. The molecule has 1 saturated heterocycles. The van der Waals surface area contributed by atoms with Crippen LogP contribution in [0.3, 0.4) is 0 Å². The van der Waals surface area contributed by atoms with Gasteiger partial charge in [0.25, 0.3) is 0 Å². The van der Waals surface area contributed by atoms with E-state index in [9.17, 15) is 4.79 Å². The minimum Gasteiger partial charge on any atom is -0.497 e. The molecule has 0 unspecified atom stereocenters. The fraction of sp³-hybridized carbons (Fsp3) is 0.471. The van der Waals surface area contributed by atoms with Gasteiger partial charge in [-0.05, 0) is 31.2 Å². The Hall–Kier alpha value is -2.45. The average molecular weight is 347 g/mol. The van der Waals surface area contributed by atoms with Gasteiger partial charge in [0.15, 0.2) is 5.79 Å². The van der Waals surface area contributed by atoms with Crippen LogP contribution in [0.2, 0.25) is 0 Å². The predicted octanol–water partition coefficient (Wildman–Crippen LogP) is 1.56. The molecule has 0 bridgehead atoms. The van der Waals surface area contributed by atoms with Crippen molar-refractivity contribution in [1.29, 1.82) is 0 Å². The first kappa shape index (κ1) is 17.4. The van der Waals surface area contributed by atoms with E-state index in [1.165, 1.54) is 0 Å². The van der Waals surface area contributed by atoms with Crippen LogP contribution in [0.1, 0.15) is 19.2 Å². The quantitative estimate of drug-likeness (QED) is 0.812. The van der Waals surface area contributed by atoms with Crippen molar-refractivity contribution in [2.75, 3.05) is 26.9 Å². The number of amides is 1.